The van der Waals surface area contributed by atoms with Gasteiger partial charge in [-0.2, -0.15) is 0 Å². The van der Waals surface area contributed by atoms with Crippen LogP contribution in [-0.2, 0) is 7.05 Å². The van der Waals surface area contributed by atoms with Crippen molar-refractivity contribution in [1.29, 1.82) is 0 Å². The van der Waals surface area contributed by atoms with E-state index in [1.165, 1.54) is 11.1 Å². The van der Waals surface area contributed by atoms with Crippen molar-refractivity contribution in [2.24, 2.45) is 7.05 Å². The molecule has 2 rings (SSSR count). The van der Waals surface area contributed by atoms with Crippen molar-refractivity contribution >= 4 is 0 Å². The summed E-state index contributed by atoms with van der Waals surface area (Å²) >= 11 is 0. The Morgan fingerprint density at radius 1 is 1.31 bits per heavy atom. The van der Waals surface area contributed by atoms with E-state index in [2.05, 4.69) is 41.5 Å². The molecule has 0 aliphatic carbocycles. The van der Waals surface area contributed by atoms with Gasteiger partial charge in [0.2, 0.25) is 0 Å². The topological polar surface area (TPSA) is 29.9 Å². The third-order valence-electron chi connectivity index (χ3n) is 2.92. The molecule has 0 spiro atoms. The molecule has 1 unspecified atom stereocenters. The minimum absolute atomic E-state index is 0.327. The van der Waals surface area contributed by atoms with Crippen molar-refractivity contribution in [2.45, 2.75) is 13.0 Å². The quantitative estimate of drug-likeness (QED) is 0.851. The lowest BCUT2D eigenvalue weighted by Crippen LogP contribution is -2.13. The van der Waals surface area contributed by atoms with Crippen LogP contribution < -0.4 is 5.32 Å². The first-order valence-electron chi connectivity index (χ1n) is 5.48. The third kappa shape index (κ3) is 1.86. The number of rotatable bonds is 3. The first-order valence-corrected chi connectivity index (χ1v) is 5.48. The van der Waals surface area contributed by atoms with Gasteiger partial charge in [-0.15, -0.1) is 0 Å². The Balaban J connectivity index is 2.53. The van der Waals surface area contributed by atoms with Crippen molar-refractivity contribution in [3.63, 3.8) is 0 Å². The average molecular weight is 215 g/mol. The van der Waals surface area contributed by atoms with Crippen LogP contribution in [0, 0.1) is 0 Å². The molecule has 1 aromatic heterocycles. The summed E-state index contributed by atoms with van der Waals surface area (Å²) in [5.74, 6) is 1.01. The van der Waals surface area contributed by atoms with Gasteiger partial charge in [0.15, 0.2) is 0 Å². The van der Waals surface area contributed by atoms with Crippen molar-refractivity contribution in [1.82, 2.24) is 14.9 Å². The van der Waals surface area contributed by atoms with Crippen LogP contribution in [0.4, 0.5) is 0 Å². The second-order valence-corrected chi connectivity index (χ2v) is 3.96. The lowest BCUT2D eigenvalue weighted by molar-refractivity contribution is 0.652. The molecule has 3 heteroatoms. The van der Waals surface area contributed by atoms with E-state index in [0.29, 0.717) is 6.04 Å². The molecule has 1 N–H and O–H groups in total. The van der Waals surface area contributed by atoms with Gasteiger partial charge in [0.05, 0.1) is 0 Å². The van der Waals surface area contributed by atoms with Crippen LogP contribution in [0.5, 0.6) is 0 Å². The predicted octanol–water partition coefficient (Wildman–Crippen LogP) is 2.37. The molecule has 84 valence electrons. The zero-order valence-corrected chi connectivity index (χ0v) is 9.94. The number of aromatic nitrogens is 2. The molecule has 16 heavy (non-hydrogen) atoms. The molecule has 0 radical (unpaired) electrons. The first-order chi connectivity index (χ1) is 7.74. The molecule has 3 nitrogen and oxygen atoms in total. The number of hydrogen-bond donors (Lipinski definition) is 1. The van der Waals surface area contributed by atoms with Gasteiger partial charge in [0.25, 0.3) is 0 Å². The fourth-order valence-corrected chi connectivity index (χ4v) is 1.86. The lowest BCUT2D eigenvalue weighted by Gasteiger charge is -2.15. The van der Waals surface area contributed by atoms with Gasteiger partial charge in [-0.25, -0.2) is 4.98 Å². The lowest BCUT2D eigenvalue weighted by atomic mass is 10.0. The molecule has 0 aliphatic rings. The van der Waals surface area contributed by atoms with Crippen LogP contribution in [0.15, 0.2) is 36.7 Å². The highest BCUT2D eigenvalue weighted by molar-refractivity contribution is 5.61. The van der Waals surface area contributed by atoms with Gasteiger partial charge in [0, 0.05) is 31.0 Å². The van der Waals surface area contributed by atoms with E-state index >= 15 is 0 Å². The van der Waals surface area contributed by atoms with Crippen LogP contribution >= 0.6 is 0 Å². The monoisotopic (exact) mass is 215 g/mol. The normalized spacial score (nSPS) is 12.7. The maximum absolute atomic E-state index is 4.40. The zero-order chi connectivity index (χ0) is 11.5. The Morgan fingerprint density at radius 3 is 2.69 bits per heavy atom. The molecule has 0 aliphatic heterocycles. The summed E-state index contributed by atoms with van der Waals surface area (Å²) in [6.07, 6.45) is 3.80. The van der Waals surface area contributed by atoms with Crippen LogP contribution in [0.3, 0.4) is 0 Å². The summed E-state index contributed by atoms with van der Waals surface area (Å²) in [7, 11) is 3.99. The fraction of sp³-hybridized carbons (Fsp3) is 0.308. The van der Waals surface area contributed by atoms with E-state index in [0.717, 1.165) is 5.82 Å². The van der Waals surface area contributed by atoms with Gasteiger partial charge < -0.3 is 9.88 Å². The molecule has 0 fully saturated rings. The Bertz CT molecular complexity index is 474. The van der Waals surface area contributed by atoms with E-state index in [1.807, 2.05) is 31.1 Å². The summed E-state index contributed by atoms with van der Waals surface area (Å²) in [5.41, 5.74) is 2.47. The standard InChI is InChI=1S/C13H17N3/c1-10(14-2)11-6-4-5-7-12(11)13-15-8-9-16(13)3/h4-10,14H,1-3H3. The van der Waals surface area contributed by atoms with Gasteiger partial charge in [-0.05, 0) is 19.5 Å². The molecule has 1 heterocycles. The van der Waals surface area contributed by atoms with Crippen LogP contribution in [0.2, 0.25) is 0 Å². The molecule has 0 saturated carbocycles. The molecule has 1 atom stereocenters. The minimum atomic E-state index is 0.327. The van der Waals surface area contributed by atoms with Gasteiger partial charge in [-0.3, -0.25) is 0 Å². The van der Waals surface area contributed by atoms with Crippen molar-refractivity contribution in [3.8, 4) is 11.4 Å². The van der Waals surface area contributed by atoms with Crippen molar-refractivity contribution in [2.75, 3.05) is 7.05 Å². The maximum Gasteiger partial charge on any atom is 0.139 e. The number of nitrogens with zero attached hydrogens (tertiary/aromatic N) is 2. The van der Waals surface area contributed by atoms with Crippen LogP contribution in [0.25, 0.3) is 11.4 Å². The van der Waals surface area contributed by atoms with Crippen LogP contribution in [0.1, 0.15) is 18.5 Å². The summed E-state index contributed by atoms with van der Waals surface area (Å²) in [6, 6.07) is 8.70. The Kier molecular flexibility index (Phi) is 3.06. The largest absolute Gasteiger partial charge is 0.334 e. The van der Waals surface area contributed by atoms with Crippen molar-refractivity contribution < 1.29 is 0 Å². The smallest absolute Gasteiger partial charge is 0.139 e. The van der Waals surface area contributed by atoms with Gasteiger partial charge in [0.1, 0.15) is 5.82 Å². The highest BCUT2D eigenvalue weighted by Crippen LogP contribution is 2.26. The zero-order valence-electron chi connectivity index (χ0n) is 9.94. The van der Waals surface area contributed by atoms with E-state index in [9.17, 15) is 0 Å². The summed E-state index contributed by atoms with van der Waals surface area (Å²) in [6.45, 7) is 2.15. The van der Waals surface area contributed by atoms with E-state index in [1.54, 1.807) is 0 Å². The molecule has 0 bridgehead atoms. The Labute approximate surface area is 96.1 Å². The number of aryl methyl sites for hydroxylation is 1. The third-order valence-corrected chi connectivity index (χ3v) is 2.92. The SMILES string of the molecule is CNC(C)c1ccccc1-c1nccn1C. The fourth-order valence-electron chi connectivity index (χ4n) is 1.86. The summed E-state index contributed by atoms with van der Waals surface area (Å²) in [5, 5.41) is 3.27. The molecule has 0 saturated heterocycles. The second-order valence-electron chi connectivity index (χ2n) is 3.96. The Morgan fingerprint density at radius 2 is 2.06 bits per heavy atom. The maximum atomic E-state index is 4.40. The van der Waals surface area contributed by atoms with Crippen molar-refractivity contribution in [3.05, 3.63) is 42.2 Å². The van der Waals surface area contributed by atoms with Gasteiger partial charge in [-0.1, -0.05) is 24.3 Å². The molecule has 1 aromatic carbocycles. The number of nitrogens with one attached hydrogen (secondary N) is 1. The summed E-state index contributed by atoms with van der Waals surface area (Å²) in [4.78, 5) is 4.40. The predicted molar refractivity (Wildman–Crippen MR) is 66.1 cm³/mol. The van der Waals surface area contributed by atoms with E-state index < -0.39 is 0 Å². The van der Waals surface area contributed by atoms with Gasteiger partial charge >= 0.3 is 0 Å². The first kappa shape index (κ1) is 10.9. The van der Waals surface area contributed by atoms with E-state index in [4.69, 9.17) is 0 Å². The number of imidazole rings is 1. The van der Waals surface area contributed by atoms with Crippen LogP contribution in [-0.4, -0.2) is 16.6 Å². The molecular formula is C13H17N3. The highest BCUT2D eigenvalue weighted by atomic mass is 15.0. The number of benzene rings is 1. The average Bonchev–Trinajstić information content (AvgIpc) is 2.74. The molecule has 0 amide bonds. The second kappa shape index (κ2) is 4.49. The van der Waals surface area contributed by atoms with E-state index in [-0.39, 0.29) is 0 Å². The number of hydrogen-bond acceptors (Lipinski definition) is 2. The minimum Gasteiger partial charge on any atom is -0.334 e. The highest BCUT2D eigenvalue weighted by Gasteiger charge is 2.12. The molecular weight excluding hydrogens is 198 g/mol. The summed E-state index contributed by atoms with van der Waals surface area (Å²) < 4.78 is 2.04. The molecule has 2 aromatic rings. The Hall–Kier alpha value is -1.61.